The summed E-state index contributed by atoms with van der Waals surface area (Å²) in [5, 5.41) is 0. The van der Waals surface area contributed by atoms with Crippen molar-refractivity contribution in [1.82, 2.24) is 0 Å². The maximum absolute atomic E-state index is 15.7. The summed E-state index contributed by atoms with van der Waals surface area (Å²) in [4.78, 5) is 0. The van der Waals surface area contributed by atoms with E-state index >= 15 is 13.2 Å². The number of halogens is 5. The van der Waals surface area contributed by atoms with Crippen LogP contribution < -0.4 is 0 Å². The van der Waals surface area contributed by atoms with Crippen LogP contribution in [0.3, 0.4) is 0 Å². The van der Waals surface area contributed by atoms with Crippen molar-refractivity contribution in [2.75, 3.05) is 0 Å². The molecule has 3 aliphatic rings. The first-order chi connectivity index (χ1) is 19.9. The lowest BCUT2D eigenvalue weighted by Crippen LogP contribution is -2.16. The van der Waals surface area contributed by atoms with Crippen molar-refractivity contribution in [3.8, 4) is 22.3 Å². The van der Waals surface area contributed by atoms with Crippen molar-refractivity contribution < 1.29 is 22.0 Å². The third-order valence-electron chi connectivity index (χ3n) is 10.1. The number of fused-ring (bicyclic) bond motifs is 4. The van der Waals surface area contributed by atoms with Gasteiger partial charge >= 0.3 is 0 Å². The topological polar surface area (TPSA) is 0 Å². The van der Waals surface area contributed by atoms with Crippen molar-refractivity contribution >= 4 is 0 Å². The van der Waals surface area contributed by atoms with Gasteiger partial charge in [0, 0.05) is 11.1 Å². The van der Waals surface area contributed by atoms with Crippen molar-refractivity contribution in [2.45, 2.75) is 109 Å². The zero-order valence-electron chi connectivity index (χ0n) is 23.9. The second-order valence-corrected chi connectivity index (χ2v) is 12.6. The van der Waals surface area contributed by atoms with Crippen LogP contribution in [-0.2, 0) is 12.8 Å². The highest BCUT2D eigenvalue weighted by molar-refractivity contribution is 6.03. The Bertz CT molecular complexity index is 1430. The Hall–Kier alpha value is -2.69. The van der Waals surface area contributed by atoms with Gasteiger partial charge in [-0.15, -0.1) is 0 Å². The molecule has 0 amide bonds. The van der Waals surface area contributed by atoms with E-state index in [9.17, 15) is 8.78 Å². The fourth-order valence-electron chi connectivity index (χ4n) is 7.68. The molecule has 0 aromatic heterocycles. The molecule has 0 radical (unpaired) electrons. The normalized spacial score (nSPS) is 20.4. The maximum Gasteiger partial charge on any atom is 0.167 e. The lowest BCUT2D eigenvalue weighted by atomic mass is 9.73. The molecule has 3 aromatic carbocycles. The molecule has 3 aliphatic carbocycles. The van der Waals surface area contributed by atoms with E-state index in [0.29, 0.717) is 28.2 Å². The van der Waals surface area contributed by atoms with Gasteiger partial charge in [0.15, 0.2) is 23.3 Å². The second kappa shape index (κ2) is 11.9. The van der Waals surface area contributed by atoms with Gasteiger partial charge in [-0.25, -0.2) is 22.0 Å². The summed E-state index contributed by atoms with van der Waals surface area (Å²) >= 11 is 0. The number of hydrogen-bond donors (Lipinski definition) is 0. The largest absolute Gasteiger partial charge is 0.206 e. The van der Waals surface area contributed by atoms with Gasteiger partial charge in [-0.1, -0.05) is 69.7 Å². The molecule has 0 spiro atoms. The highest BCUT2D eigenvalue weighted by Gasteiger charge is 2.35. The molecular formula is C36H39F5. The van der Waals surface area contributed by atoms with Gasteiger partial charge in [-0.05, 0) is 109 Å². The summed E-state index contributed by atoms with van der Waals surface area (Å²) in [6.45, 7) is 2.20. The summed E-state index contributed by atoms with van der Waals surface area (Å²) < 4.78 is 76.2. The number of unbranched alkanes of at least 4 members (excludes halogenated alkanes) is 1. The Kier molecular flexibility index (Phi) is 8.25. The third-order valence-corrected chi connectivity index (χ3v) is 10.1. The summed E-state index contributed by atoms with van der Waals surface area (Å²) in [6.07, 6.45) is 12.6. The Morgan fingerprint density at radius 1 is 0.585 bits per heavy atom. The minimum Gasteiger partial charge on any atom is -0.206 e. The third kappa shape index (κ3) is 5.23. The molecule has 0 heterocycles. The van der Waals surface area contributed by atoms with E-state index in [-0.39, 0.29) is 46.9 Å². The van der Waals surface area contributed by atoms with Gasteiger partial charge in [0.1, 0.15) is 5.82 Å². The van der Waals surface area contributed by atoms with Gasteiger partial charge in [-0.2, -0.15) is 0 Å². The monoisotopic (exact) mass is 566 g/mol. The number of hydrogen-bond acceptors (Lipinski definition) is 0. The molecule has 0 atom stereocenters. The van der Waals surface area contributed by atoms with E-state index in [4.69, 9.17) is 0 Å². The molecule has 41 heavy (non-hydrogen) atoms. The highest BCUT2D eigenvalue weighted by atomic mass is 19.2. The average molecular weight is 567 g/mol. The van der Waals surface area contributed by atoms with Crippen LogP contribution >= 0.6 is 0 Å². The predicted octanol–water partition coefficient (Wildman–Crippen LogP) is 11.3. The molecule has 0 nitrogen and oxygen atoms in total. The zero-order valence-corrected chi connectivity index (χ0v) is 23.9. The van der Waals surface area contributed by atoms with Gasteiger partial charge < -0.3 is 0 Å². The van der Waals surface area contributed by atoms with Crippen LogP contribution in [0.25, 0.3) is 22.3 Å². The van der Waals surface area contributed by atoms with Crippen molar-refractivity contribution in [3.05, 3.63) is 81.7 Å². The van der Waals surface area contributed by atoms with Crippen LogP contribution in [0.4, 0.5) is 22.0 Å². The van der Waals surface area contributed by atoms with Gasteiger partial charge in [0.25, 0.3) is 0 Å². The molecular weight excluding hydrogens is 527 g/mol. The molecule has 0 N–H and O–H groups in total. The fraction of sp³-hybridized carbons (Fsp3) is 0.500. The Morgan fingerprint density at radius 2 is 1.20 bits per heavy atom. The lowest BCUT2D eigenvalue weighted by molar-refractivity contribution is 0.301. The molecule has 5 heteroatoms. The molecule has 0 unspecified atom stereocenters. The van der Waals surface area contributed by atoms with Crippen molar-refractivity contribution in [1.29, 1.82) is 0 Å². The fourth-order valence-corrected chi connectivity index (χ4v) is 7.68. The lowest BCUT2D eigenvalue weighted by Gasteiger charge is -2.32. The molecule has 0 aliphatic heterocycles. The first-order valence-corrected chi connectivity index (χ1v) is 15.7. The van der Waals surface area contributed by atoms with Gasteiger partial charge in [0.05, 0.1) is 0 Å². The minimum absolute atomic E-state index is 0.00583. The number of rotatable bonds is 8. The minimum atomic E-state index is -1.05. The van der Waals surface area contributed by atoms with Crippen LogP contribution in [0.2, 0.25) is 0 Å². The summed E-state index contributed by atoms with van der Waals surface area (Å²) in [5.74, 6) is -3.37. The number of aryl methyl sites for hydroxylation is 2. The summed E-state index contributed by atoms with van der Waals surface area (Å²) in [7, 11) is 0. The van der Waals surface area contributed by atoms with Crippen molar-refractivity contribution in [2.24, 2.45) is 5.92 Å². The second-order valence-electron chi connectivity index (χ2n) is 12.6. The molecule has 0 bridgehead atoms. The quantitative estimate of drug-likeness (QED) is 0.186. The van der Waals surface area contributed by atoms with Crippen LogP contribution in [0, 0.1) is 35.0 Å². The standard InChI is InChI=1S/C36H39F5/c1-2-3-7-21-10-12-23(13-11-21)26-18-19-28-29-20-25(33(38)36(41)31(29)30(28)34(26)39)15-14-24-16-17-27(35(40)32(24)37)22-8-5-4-6-9-22/h16-23H,2-15H2,1H3. The van der Waals surface area contributed by atoms with E-state index in [2.05, 4.69) is 6.92 Å². The van der Waals surface area contributed by atoms with E-state index in [0.717, 1.165) is 57.8 Å². The van der Waals surface area contributed by atoms with Crippen molar-refractivity contribution in [3.63, 3.8) is 0 Å². The molecule has 3 aromatic rings. The molecule has 2 fully saturated rings. The van der Waals surface area contributed by atoms with Gasteiger partial charge in [0.2, 0.25) is 0 Å². The first kappa shape index (κ1) is 28.4. The van der Waals surface area contributed by atoms with Crippen LogP contribution in [0.15, 0.2) is 30.3 Å². The number of benzene rings is 3. The van der Waals surface area contributed by atoms with Crippen LogP contribution in [0.5, 0.6) is 0 Å². The maximum atomic E-state index is 15.7. The zero-order chi connectivity index (χ0) is 28.7. The SMILES string of the molecule is CCCCC1CCC(c2ccc3c(c2F)-c2c-3cc(CCc3ccc(C4CCCCC4)c(F)c3F)c(F)c2F)CC1. The Morgan fingerprint density at radius 3 is 1.93 bits per heavy atom. The molecule has 218 valence electrons. The highest BCUT2D eigenvalue weighted by Crippen LogP contribution is 2.53. The average Bonchev–Trinajstić information content (AvgIpc) is 2.98. The Labute approximate surface area is 240 Å². The smallest absolute Gasteiger partial charge is 0.167 e. The Balaban J connectivity index is 1.19. The predicted molar refractivity (Wildman–Crippen MR) is 155 cm³/mol. The van der Waals surface area contributed by atoms with E-state index in [1.54, 1.807) is 18.2 Å². The van der Waals surface area contributed by atoms with Gasteiger partial charge in [-0.3, -0.25) is 0 Å². The summed E-state index contributed by atoms with van der Waals surface area (Å²) in [5.41, 5.74) is 2.55. The molecule has 2 saturated carbocycles. The molecule has 6 rings (SSSR count). The first-order valence-electron chi connectivity index (χ1n) is 15.7. The van der Waals surface area contributed by atoms with E-state index in [1.165, 1.54) is 19.3 Å². The van der Waals surface area contributed by atoms with E-state index in [1.807, 2.05) is 12.1 Å². The molecule has 0 saturated heterocycles. The summed E-state index contributed by atoms with van der Waals surface area (Å²) in [6, 6.07) is 8.45. The van der Waals surface area contributed by atoms with E-state index < -0.39 is 29.1 Å². The van der Waals surface area contributed by atoms with Crippen LogP contribution in [0.1, 0.15) is 118 Å². The van der Waals surface area contributed by atoms with Crippen LogP contribution in [-0.4, -0.2) is 0 Å².